The molecule has 1 unspecified atom stereocenters. The molecule has 0 N–H and O–H groups in total. The molecule has 6 nitrogen and oxygen atoms in total. The quantitative estimate of drug-likeness (QED) is 0.0269. The Morgan fingerprint density at radius 1 is 0.365 bits per heavy atom. The molecule has 306 valence electrons. The third-order valence-corrected chi connectivity index (χ3v) is 10.0. The number of unbranched alkanes of at least 4 members (excludes halogenated alkanes) is 28. The molecule has 1 atom stereocenters. The minimum Gasteiger partial charge on any atom is -0.462 e. The van der Waals surface area contributed by atoms with Gasteiger partial charge < -0.3 is 14.2 Å². The molecule has 0 aliphatic carbocycles. The van der Waals surface area contributed by atoms with Crippen LogP contribution in [0.4, 0.5) is 0 Å². The number of rotatable bonds is 41. The topological polar surface area (TPSA) is 78.9 Å². The highest BCUT2D eigenvalue weighted by Gasteiger charge is 2.19. The van der Waals surface area contributed by atoms with Crippen LogP contribution in [0.15, 0.2) is 12.2 Å². The second-order valence-corrected chi connectivity index (χ2v) is 15.3. The lowest BCUT2D eigenvalue weighted by molar-refractivity contribution is -0.167. The van der Waals surface area contributed by atoms with E-state index >= 15 is 0 Å². The van der Waals surface area contributed by atoms with Gasteiger partial charge in [-0.2, -0.15) is 0 Å². The molecule has 0 saturated carbocycles. The van der Waals surface area contributed by atoms with Gasteiger partial charge >= 0.3 is 17.9 Å². The molecule has 0 rings (SSSR count). The van der Waals surface area contributed by atoms with Gasteiger partial charge in [0.2, 0.25) is 0 Å². The summed E-state index contributed by atoms with van der Waals surface area (Å²) in [7, 11) is 0. The zero-order valence-electron chi connectivity index (χ0n) is 34.8. The van der Waals surface area contributed by atoms with E-state index in [-0.39, 0.29) is 31.1 Å². The van der Waals surface area contributed by atoms with E-state index < -0.39 is 6.10 Å². The van der Waals surface area contributed by atoms with Crippen molar-refractivity contribution in [1.82, 2.24) is 0 Å². The predicted octanol–water partition coefficient (Wildman–Crippen LogP) is 14.3. The Bertz CT molecular complexity index is 809. The summed E-state index contributed by atoms with van der Waals surface area (Å²) in [6, 6.07) is 0. The molecule has 0 spiro atoms. The lowest BCUT2D eigenvalue weighted by atomic mass is 10.1. The third kappa shape index (κ3) is 39.4. The van der Waals surface area contributed by atoms with Crippen molar-refractivity contribution in [2.75, 3.05) is 13.2 Å². The lowest BCUT2D eigenvalue weighted by Crippen LogP contribution is -2.30. The van der Waals surface area contributed by atoms with Crippen LogP contribution in [0.25, 0.3) is 0 Å². The number of carbonyl (C=O) groups is 3. The zero-order chi connectivity index (χ0) is 38.0. The molecule has 52 heavy (non-hydrogen) atoms. The van der Waals surface area contributed by atoms with Crippen molar-refractivity contribution in [3.63, 3.8) is 0 Å². The van der Waals surface area contributed by atoms with Crippen LogP contribution in [0.1, 0.15) is 245 Å². The van der Waals surface area contributed by atoms with Gasteiger partial charge in [-0.1, -0.05) is 193 Å². The largest absolute Gasteiger partial charge is 0.462 e. The SMILES string of the molecule is CCCCCCCCC/C=C\CCCCCCCCCC(=O)OCC(COC(=O)CCCCCCCCC)OC(=O)CCCCCCCCCCC. The summed E-state index contributed by atoms with van der Waals surface area (Å²) < 4.78 is 16.6. The summed E-state index contributed by atoms with van der Waals surface area (Å²) in [6.07, 6.45) is 43.5. The van der Waals surface area contributed by atoms with E-state index in [0.717, 1.165) is 57.8 Å². The van der Waals surface area contributed by atoms with Gasteiger partial charge in [-0.25, -0.2) is 0 Å². The average molecular weight is 735 g/mol. The van der Waals surface area contributed by atoms with Crippen molar-refractivity contribution in [2.24, 2.45) is 0 Å². The van der Waals surface area contributed by atoms with Gasteiger partial charge in [0.15, 0.2) is 6.10 Å². The Morgan fingerprint density at radius 3 is 0.962 bits per heavy atom. The van der Waals surface area contributed by atoms with Gasteiger partial charge in [-0.3, -0.25) is 14.4 Å². The van der Waals surface area contributed by atoms with Crippen molar-refractivity contribution in [3.8, 4) is 0 Å². The fourth-order valence-corrected chi connectivity index (χ4v) is 6.55. The Labute approximate surface area is 322 Å². The molecule has 0 bridgehead atoms. The van der Waals surface area contributed by atoms with Crippen molar-refractivity contribution < 1.29 is 28.6 Å². The molecular weight excluding hydrogens is 648 g/mol. The number of hydrogen-bond acceptors (Lipinski definition) is 6. The molecule has 6 heteroatoms. The number of esters is 3. The van der Waals surface area contributed by atoms with Crippen LogP contribution in [0, 0.1) is 0 Å². The molecule has 0 aromatic heterocycles. The zero-order valence-corrected chi connectivity index (χ0v) is 34.8. The standard InChI is InChI=1S/C46H86O6/c1-4-7-10-13-16-18-19-20-21-22-23-24-25-26-28-30-33-36-39-45(48)51-42-43(41-50-44(47)38-35-32-29-15-12-9-6-3)52-46(49)40-37-34-31-27-17-14-11-8-5-2/h21-22,43H,4-20,23-42H2,1-3H3/b22-21-. The van der Waals surface area contributed by atoms with Crippen molar-refractivity contribution in [3.05, 3.63) is 12.2 Å². The monoisotopic (exact) mass is 735 g/mol. The maximum atomic E-state index is 12.6. The Hall–Kier alpha value is -1.85. The van der Waals surface area contributed by atoms with Crippen LogP contribution in [0.2, 0.25) is 0 Å². The van der Waals surface area contributed by atoms with Gasteiger partial charge in [0.05, 0.1) is 0 Å². The van der Waals surface area contributed by atoms with E-state index in [4.69, 9.17) is 14.2 Å². The fourth-order valence-electron chi connectivity index (χ4n) is 6.55. The fraction of sp³-hybridized carbons (Fsp3) is 0.891. The highest BCUT2D eigenvalue weighted by Crippen LogP contribution is 2.14. The molecule has 0 aliphatic rings. The number of carbonyl (C=O) groups excluding carboxylic acids is 3. The minimum atomic E-state index is -0.761. The molecule has 0 aliphatic heterocycles. The Kier molecular flexibility index (Phi) is 40.4. The summed E-state index contributed by atoms with van der Waals surface area (Å²) in [6.45, 7) is 6.58. The smallest absolute Gasteiger partial charge is 0.306 e. The molecule has 0 aromatic rings. The van der Waals surface area contributed by atoms with Crippen LogP contribution < -0.4 is 0 Å². The van der Waals surface area contributed by atoms with E-state index in [0.29, 0.717) is 19.3 Å². The van der Waals surface area contributed by atoms with Crippen molar-refractivity contribution in [2.45, 2.75) is 252 Å². The molecule has 0 amide bonds. The maximum absolute atomic E-state index is 12.6. The van der Waals surface area contributed by atoms with Gasteiger partial charge in [0, 0.05) is 19.3 Å². The van der Waals surface area contributed by atoms with Crippen LogP contribution in [0.5, 0.6) is 0 Å². The first-order valence-corrected chi connectivity index (χ1v) is 22.7. The summed E-state index contributed by atoms with van der Waals surface area (Å²) in [4.78, 5) is 37.5. The molecule has 0 aromatic carbocycles. The predicted molar refractivity (Wildman–Crippen MR) is 220 cm³/mol. The normalized spacial score (nSPS) is 12.0. The van der Waals surface area contributed by atoms with E-state index in [1.54, 1.807) is 0 Å². The number of hydrogen-bond donors (Lipinski definition) is 0. The maximum Gasteiger partial charge on any atom is 0.306 e. The second kappa shape index (κ2) is 41.9. The molecule has 0 radical (unpaired) electrons. The van der Waals surface area contributed by atoms with Crippen LogP contribution in [0.3, 0.4) is 0 Å². The van der Waals surface area contributed by atoms with Crippen LogP contribution >= 0.6 is 0 Å². The summed E-state index contributed by atoms with van der Waals surface area (Å²) in [5, 5.41) is 0. The molecule has 0 fully saturated rings. The van der Waals surface area contributed by atoms with Crippen LogP contribution in [-0.4, -0.2) is 37.2 Å². The van der Waals surface area contributed by atoms with Gasteiger partial charge in [-0.05, 0) is 44.9 Å². The molecule has 0 saturated heterocycles. The van der Waals surface area contributed by atoms with E-state index in [2.05, 4.69) is 32.9 Å². The summed E-state index contributed by atoms with van der Waals surface area (Å²) >= 11 is 0. The molecule has 0 heterocycles. The summed E-state index contributed by atoms with van der Waals surface area (Å²) in [5.74, 6) is -0.876. The second-order valence-electron chi connectivity index (χ2n) is 15.3. The molecular formula is C46H86O6. The van der Waals surface area contributed by atoms with Crippen molar-refractivity contribution in [1.29, 1.82) is 0 Å². The van der Waals surface area contributed by atoms with Gasteiger partial charge in [-0.15, -0.1) is 0 Å². The first kappa shape index (κ1) is 50.1. The summed E-state index contributed by atoms with van der Waals surface area (Å²) in [5.41, 5.74) is 0. The van der Waals surface area contributed by atoms with Gasteiger partial charge in [0.1, 0.15) is 13.2 Å². The van der Waals surface area contributed by atoms with Gasteiger partial charge in [0.25, 0.3) is 0 Å². The number of allylic oxidation sites excluding steroid dienone is 2. The first-order valence-electron chi connectivity index (χ1n) is 22.7. The third-order valence-electron chi connectivity index (χ3n) is 10.0. The van der Waals surface area contributed by atoms with E-state index in [1.807, 2.05) is 0 Å². The highest BCUT2D eigenvalue weighted by atomic mass is 16.6. The average Bonchev–Trinajstić information content (AvgIpc) is 3.14. The van der Waals surface area contributed by atoms with E-state index in [1.165, 1.54) is 148 Å². The minimum absolute atomic E-state index is 0.0684. The lowest BCUT2D eigenvalue weighted by Gasteiger charge is -2.18. The highest BCUT2D eigenvalue weighted by molar-refractivity contribution is 5.71. The van der Waals surface area contributed by atoms with Crippen LogP contribution in [-0.2, 0) is 28.6 Å². The van der Waals surface area contributed by atoms with E-state index in [9.17, 15) is 14.4 Å². The van der Waals surface area contributed by atoms with Crippen molar-refractivity contribution >= 4 is 17.9 Å². The Morgan fingerprint density at radius 2 is 0.635 bits per heavy atom. The number of ether oxygens (including phenoxy) is 3. The first-order chi connectivity index (χ1) is 25.5. The Balaban J connectivity index is 4.19.